The monoisotopic (exact) mass is 550 g/mol. The summed E-state index contributed by atoms with van der Waals surface area (Å²) in [5.41, 5.74) is -0.859. The quantitative estimate of drug-likeness (QED) is 0.169. The van der Waals surface area contributed by atoms with E-state index in [1.165, 1.54) is 6.07 Å². The molecule has 15 nitrogen and oxygen atoms in total. The summed E-state index contributed by atoms with van der Waals surface area (Å²) in [6.07, 6.45) is -5.79. The van der Waals surface area contributed by atoms with Gasteiger partial charge in [0.2, 0.25) is 0 Å². The average Bonchev–Trinajstić information content (AvgIpc) is 2.86. The first-order valence-electron chi connectivity index (χ1n) is 7.68. The zero-order valence-corrected chi connectivity index (χ0v) is 18.2. The zero-order chi connectivity index (χ0) is 24.0. The number of H-pyrrole nitrogens is 1. The van der Waals surface area contributed by atoms with Crippen LogP contribution in [0.15, 0.2) is 17.1 Å². The molecule has 0 spiro atoms. The predicted molar refractivity (Wildman–Crippen MR) is 102 cm³/mol. The normalized spacial score (nSPS) is 27.9. The Kier molecular flexibility index (Phi) is 9.05. The van der Waals surface area contributed by atoms with E-state index in [-0.39, 0.29) is 12.1 Å². The number of aliphatic hydroxyl groups excluding tert-OH is 2. The van der Waals surface area contributed by atoms with Crippen LogP contribution in [0.1, 0.15) is 13.7 Å². The first-order valence-corrected chi connectivity index (χ1v) is 12.8. The van der Waals surface area contributed by atoms with E-state index >= 15 is 0 Å². The summed E-state index contributed by atoms with van der Waals surface area (Å²) in [5.74, 6) is 0. The SMILES string of the molecule is C.O=c1[nH]c(=S)ccn1C1OC(COP(=O)(O)OP(=O)(O)C(F)(F)P(=O)(O)O)C(O)C1O. The lowest BCUT2D eigenvalue weighted by atomic mass is 10.1. The van der Waals surface area contributed by atoms with Gasteiger partial charge in [-0.3, -0.25) is 23.2 Å². The largest absolute Gasteiger partial charge is 0.479 e. The molecule has 0 saturated carbocycles. The number of ether oxygens (including phenoxy) is 1. The molecule has 6 atom stereocenters. The Morgan fingerprint density at radius 2 is 1.75 bits per heavy atom. The Labute approximate surface area is 182 Å². The van der Waals surface area contributed by atoms with Crippen LogP contribution < -0.4 is 5.69 Å². The van der Waals surface area contributed by atoms with Gasteiger partial charge in [-0.25, -0.2) is 13.7 Å². The minimum Gasteiger partial charge on any atom is -0.387 e. The van der Waals surface area contributed by atoms with Crippen LogP contribution in [-0.2, 0) is 27.3 Å². The molecule has 1 aromatic rings. The molecular formula is C11H19F2N2O13P3S. The molecule has 186 valence electrons. The second-order valence-electron chi connectivity index (χ2n) is 5.98. The molecule has 21 heteroatoms. The molecule has 32 heavy (non-hydrogen) atoms. The number of rotatable bonds is 8. The molecule has 0 aromatic carbocycles. The van der Waals surface area contributed by atoms with Gasteiger partial charge in [0.25, 0.3) is 0 Å². The van der Waals surface area contributed by atoms with Crippen LogP contribution in [0.5, 0.6) is 0 Å². The molecular weight excluding hydrogens is 531 g/mol. The Bertz CT molecular complexity index is 1090. The number of hydrogen-bond acceptors (Lipinski definition) is 10. The van der Waals surface area contributed by atoms with Crippen LogP contribution in [0.2, 0.25) is 0 Å². The van der Waals surface area contributed by atoms with Crippen molar-refractivity contribution in [2.45, 2.75) is 37.4 Å². The standard InChI is InChI=1S/C10H15F2N2O13P3S.CH4/c11-10(12,28(18,19)20)29(21,22)27-30(23,24)25-3-4-6(15)7(16)8(26-4)14-2-1-5(31)13-9(14)17;/h1-2,4,6-8,15-16H,3H2,(H,21,22)(H,23,24)(H,13,17,31)(H2,18,19,20);1H4. The fourth-order valence-corrected chi connectivity index (χ4v) is 6.10. The summed E-state index contributed by atoms with van der Waals surface area (Å²) >= 11 is 4.72. The number of hydrogen-bond donors (Lipinski definition) is 7. The van der Waals surface area contributed by atoms with Crippen LogP contribution in [0.25, 0.3) is 0 Å². The Morgan fingerprint density at radius 3 is 2.25 bits per heavy atom. The topological polar surface area (TPSA) is 238 Å². The lowest BCUT2D eigenvalue weighted by Gasteiger charge is -2.24. The van der Waals surface area contributed by atoms with Crippen LogP contribution in [0, 0.1) is 4.64 Å². The molecule has 1 aromatic heterocycles. The number of aromatic nitrogens is 2. The number of nitrogens with zero attached hydrogens (tertiary/aromatic N) is 1. The van der Waals surface area contributed by atoms with Crippen molar-refractivity contribution in [3.8, 4) is 0 Å². The molecule has 0 bridgehead atoms. The zero-order valence-electron chi connectivity index (χ0n) is 14.7. The molecule has 1 aliphatic heterocycles. The number of aliphatic hydroxyl groups is 2. The maximum absolute atomic E-state index is 13.4. The van der Waals surface area contributed by atoms with Crippen molar-refractivity contribution in [1.82, 2.24) is 9.55 Å². The first kappa shape index (κ1) is 29.3. The molecule has 0 amide bonds. The summed E-state index contributed by atoms with van der Waals surface area (Å²) in [6.45, 7) is -1.21. The molecule has 7 N–H and O–H groups in total. The Hall–Kier alpha value is -0.710. The fourth-order valence-electron chi connectivity index (χ4n) is 2.27. The maximum atomic E-state index is 13.4. The van der Waals surface area contributed by atoms with Crippen molar-refractivity contribution in [1.29, 1.82) is 0 Å². The van der Waals surface area contributed by atoms with Gasteiger partial charge in [-0.05, 0) is 6.07 Å². The molecule has 1 saturated heterocycles. The van der Waals surface area contributed by atoms with Crippen LogP contribution >= 0.6 is 35.2 Å². The van der Waals surface area contributed by atoms with Gasteiger partial charge in [0.1, 0.15) is 23.0 Å². The number of nitrogens with one attached hydrogen (secondary N) is 1. The average molecular weight is 550 g/mol. The fraction of sp³-hybridized carbons (Fsp3) is 0.636. The van der Waals surface area contributed by atoms with Crippen molar-refractivity contribution >= 4 is 35.2 Å². The highest BCUT2D eigenvalue weighted by Crippen LogP contribution is 2.77. The summed E-state index contributed by atoms with van der Waals surface area (Å²) in [6, 6.07) is 1.23. The van der Waals surface area contributed by atoms with Gasteiger partial charge in [0.15, 0.2) is 6.23 Å². The second-order valence-corrected chi connectivity index (χ2v) is 11.9. The highest BCUT2D eigenvalue weighted by atomic mass is 32.1. The molecule has 0 radical (unpaired) electrons. The van der Waals surface area contributed by atoms with E-state index in [4.69, 9.17) is 31.6 Å². The van der Waals surface area contributed by atoms with Crippen molar-refractivity contribution in [2.24, 2.45) is 0 Å². The number of halogens is 2. The summed E-state index contributed by atoms with van der Waals surface area (Å²) < 4.78 is 74.0. The third kappa shape index (κ3) is 6.04. The van der Waals surface area contributed by atoms with E-state index in [2.05, 4.69) is 13.8 Å². The highest BCUT2D eigenvalue weighted by Gasteiger charge is 2.67. The second kappa shape index (κ2) is 9.88. The van der Waals surface area contributed by atoms with Crippen molar-refractivity contribution in [2.75, 3.05) is 6.61 Å². The van der Waals surface area contributed by atoms with E-state index in [9.17, 15) is 42.4 Å². The molecule has 0 aliphatic carbocycles. The van der Waals surface area contributed by atoms with E-state index in [1.54, 1.807) is 0 Å². The van der Waals surface area contributed by atoms with Crippen LogP contribution in [-0.4, -0.2) is 69.7 Å². The van der Waals surface area contributed by atoms with Gasteiger partial charge in [-0.1, -0.05) is 19.6 Å². The first-order chi connectivity index (χ1) is 13.9. The van der Waals surface area contributed by atoms with E-state index in [1.807, 2.05) is 0 Å². The molecule has 2 heterocycles. The van der Waals surface area contributed by atoms with Crippen molar-refractivity contribution < 1.29 is 65.8 Å². The Morgan fingerprint density at radius 1 is 1.19 bits per heavy atom. The lowest BCUT2D eigenvalue weighted by molar-refractivity contribution is -0.0542. The lowest BCUT2D eigenvalue weighted by Crippen LogP contribution is -2.36. The number of phosphoric ester groups is 1. The van der Waals surface area contributed by atoms with E-state index < -0.39 is 65.3 Å². The van der Waals surface area contributed by atoms with Crippen molar-refractivity contribution in [3.63, 3.8) is 0 Å². The van der Waals surface area contributed by atoms with Gasteiger partial charge < -0.3 is 34.5 Å². The van der Waals surface area contributed by atoms with Gasteiger partial charge in [-0.15, -0.1) is 0 Å². The summed E-state index contributed by atoms with van der Waals surface area (Å²) in [7, 11) is -19.2. The van der Waals surface area contributed by atoms with Gasteiger partial charge in [-0.2, -0.15) is 8.78 Å². The highest BCUT2D eigenvalue weighted by molar-refractivity contribution is 7.75. The number of alkyl halides is 2. The minimum absolute atomic E-state index is 0. The summed E-state index contributed by atoms with van der Waals surface area (Å²) in [4.78, 5) is 49.4. The van der Waals surface area contributed by atoms with E-state index in [0.717, 1.165) is 10.8 Å². The summed E-state index contributed by atoms with van der Waals surface area (Å²) in [5, 5.41) is 14.2. The number of phosphoric acid groups is 1. The minimum atomic E-state index is -6.75. The van der Waals surface area contributed by atoms with Crippen molar-refractivity contribution in [3.05, 3.63) is 27.4 Å². The number of aromatic amines is 1. The molecule has 1 aliphatic rings. The van der Waals surface area contributed by atoms with E-state index in [0.29, 0.717) is 0 Å². The van der Waals surface area contributed by atoms with Gasteiger partial charge in [0.05, 0.1) is 6.61 Å². The van der Waals surface area contributed by atoms with Gasteiger partial charge in [0, 0.05) is 6.20 Å². The third-order valence-corrected chi connectivity index (χ3v) is 9.11. The molecule has 2 rings (SSSR count). The van der Waals surface area contributed by atoms with Crippen LogP contribution in [0.4, 0.5) is 8.78 Å². The smallest absolute Gasteiger partial charge is 0.387 e. The maximum Gasteiger partial charge on any atom is 0.479 e. The molecule has 6 unspecified atom stereocenters. The van der Waals surface area contributed by atoms with Gasteiger partial charge >= 0.3 is 34.1 Å². The Balaban J connectivity index is 0.00000512. The van der Waals surface area contributed by atoms with Crippen LogP contribution in [0.3, 0.4) is 0 Å². The molecule has 1 fully saturated rings. The predicted octanol–water partition coefficient (Wildman–Crippen LogP) is 0.208. The third-order valence-electron chi connectivity index (χ3n) is 3.77.